The fraction of sp³-hybridized carbons (Fsp3) is 0. The van der Waals surface area contributed by atoms with Crippen LogP contribution in [-0.2, 0) is 0 Å². The molecule has 5 heteroatoms. The molecule has 0 bridgehead atoms. The molecule has 0 spiro atoms. The molecule has 0 aliphatic carbocycles. The van der Waals surface area contributed by atoms with E-state index < -0.39 is 5.97 Å². The second-order valence-electron chi connectivity index (χ2n) is 4.61. The third-order valence-corrected chi connectivity index (χ3v) is 3.19. The van der Waals surface area contributed by atoms with Gasteiger partial charge in [0.25, 0.3) is 0 Å². The van der Waals surface area contributed by atoms with Gasteiger partial charge in [0, 0.05) is 23.0 Å². The van der Waals surface area contributed by atoms with Crippen molar-refractivity contribution in [2.45, 2.75) is 0 Å². The Hall–Kier alpha value is -3.08. The predicted octanol–water partition coefficient (Wildman–Crippen LogP) is 3.26. The maximum atomic E-state index is 11.3. The number of carboxylic acids is 1. The van der Waals surface area contributed by atoms with E-state index in [0.717, 1.165) is 16.6 Å². The molecule has 0 aliphatic heterocycles. The maximum Gasteiger partial charge on any atom is 0.337 e. The van der Waals surface area contributed by atoms with Crippen molar-refractivity contribution in [3.63, 3.8) is 0 Å². The van der Waals surface area contributed by atoms with Crippen molar-refractivity contribution >= 4 is 33.9 Å². The Bertz CT molecular complexity index is 825. The molecule has 21 heavy (non-hydrogen) atoms. The molecule has 2 aromatic carbocycles. The average Bonchev–Trinajstić information content (AvgIpc) is 2.49. The lowest BCUT2D eigenvalue weighted by Crippen LogP contribution is -2.04. The molecule has 0 aliphatic rings. The van der Waals surface area contributed by atoms with Crippen molar-refractivity contribution in [1.82, 2.24) is 4.98 Å². The van der Waals surface area contributed by atoms with Crippen molar-refractivity contribution in [3.8, 4) is 0 Å². The van der Waals surface area contributed by atoms with Gasteiger partial charge in [-0.3, -0.25) is 4.98 Å². The number of nitrogens with two attached hydrogens (primary N) is 1. The summed E-state index contributed by atoms with van der Waals surface area (Å²) in [6.07, 6.45) is 1.72. The Labute approximate surface area is 121 Å². The van der Waals surface area contributed by atoms with Gasteiger partial charge in [-0.25, -0.2) is 4.79 Å². The molecular weight excluding hydrogens is 266 g/mol. The Morgan fingerprint density at radius 3 is 2.76 bits per heavy atom. The van der Waals surface area contributed by atoms with Crippen molar-refractivity contribution in [2.24, 2.45) is 0 Å². The van der Waals surface area contributed by atoms with Gasteiger partial charge in [-0.05, 0) is 42.5 Å². The van der Waals surface area contributed by atoms with Crippen molar-refractivity contribution in [2.75, 3.05) is 11.1 Å². The van der Waals surface area contributed by atoms with Crippen LogP contribution in [0.15, 0.2) is 54.7 Å². The van der Waals surface area contributed by atoms with E-state index in [9.17, 15) is 9.90 Å². The van der Waals surface area contributed by atoms with Gasteiger partial charge in [-0.2, -0.15) is 0 Å². The minimum atomic E-state index is -1.02. The lowest BCUT2D eigenvalue weighted by molar-refractivity contribution is 0.0698. The Morgan fingerprint density at radius 2 is 1.95 bits per heavy atom. The van der Waals surface area contributed by atoms with Gasteiger partial charge in [0.15, 0.2) is 0 Å². The van der Waals surface area contributed by atoms with E-state index in [0.29, 0.717) is 11.4 Å². The summed E-state index contributed by atoms with van der Waals surface area (Å²) >= 11 is 0. The van der Waals surface area contributed by atoms with Crippen LogP contribution >= 0.6 is 0 Å². The van der Waals surface area contributed by atoms with Crippen molar-refractivity contribution in [3.05, 3.63) is 60.3 Å². The van der Waals surface area contributed by atoms with Gasteiger partial charge in [-0.15, -0.1) is 0 Å². The van der Waals surface area contributed by atoms with Gasteiger partial charge in [-0.1, -0.05) is 6.07 Å². The zero-order valence-electron chi connectivity index (χ0n) is 11.1. The summed E-state index contributed by atoms with van der Waals surface area (Å²) in [5.74, 6) is -1.02. The molecule has 0 amide bonds. The van der Waals surface area contributed by atoms with Gasteiger partial charge in [0.1, 0.15) is 0 Å². The summed E-state index contributed by atoms with van der Waals surface area (Å²) < 4.78 is 0. The molecule has 0 saturated carbocycles. The molecule has 0 saturated heterocycles. The number of carbonyl (C=O) groups is 1. The number of carboxylic acid groups (broad SMARTS) is 1. The van der Waals surface area contributed by atoms with Crippen LogP contribution in [0.1, 0.15) is 10.4 Å². The first-order chi connectivity index (χ1) is 10.1. The zero-order valence-corrected chi connectivity index (χ0v) is 11.1. The molecule has 3 aromatic rings. The molecule has 5 nitrogen and oxygen atoms in total. The minimum absolute atomic E-state index is 0.135. The van der Waals surface area contributed by atoms with Gasteiger partial charge in [0.05, 0.1) is 16.8 Å². The van der Waals surface area contributed by atoms with Gasteiger partial charge in [0.2, 0.25) is 0 Å². The standard InChI is InChI=1S/C16H13N3O2/c17-10-6-7-15(12(9-10)16(20)21)19-14-5-1-4-13-11(14)3-2-8-18-13/h1-9,19H,17H2,(H,20,21). The van der Waals surface area contributed by atoms with Crippen molar-refractivity contribution in [1.29, 1.82) is 0 Å². The SMILES string of the molecule is Nc1ccc(Nc2cccc3ncccc23)c(C(=O)O)c1. The third kappa shape index (κ3) is 2.49. The Kier molecular flexibility index (Phi) is 3.16. The van der Waals surface area contributed by atoms with Crippen LogP contribution in [0.5, 0.6) is 0 Å². The molecule has 1 aromatic heterocycles. The smallest absolute Gasteiger partial charge is 0.337 e. The lowest BCUT2D eigenvalue weighted by atomic mass is 10.1. The number of nitrogens with zero attached hydrogens (tertiary/aromatic N) is 1. The van der Waals surface area contributed by atoms with Crippen LogP contribution in [0.25, 0.3) is 10.9 Å². The number of pyridine rings is 1. The highest BCUT2D eigenvalue weighted by Crippen LogP contribution is 2.28. The molecule has 0 unspecified atom stereocenters. The predicted molar refractivity (Wildman–Crippen MR) is 82.8 cm³/mol. The minimum Gasteiger partial charge on any atom is -0.478 e. The van der Waals surface area contributed by atoms with Crippen LogP contribution in [-0.4, -0.2) is 16.1 Å². The molecular formula is C16H13N3O2. The summed E-state index contributed by atoms with van der Waals surface area (Å²) in [6.45, 7) is 0. The van der Waals surface area contributed by atoms with E-state index in [1.165, 1.54) is 6.07 Å². The largest absolute Gasteiger partial charge is 0.478 e. The summed E-state index contributed by atoms with van der Waals surface area (Å²) in [6, 6.07) is 14.2. The fourth-order valence-corrected chi connectivity index (χ4v) is 2.21. The number of anilines is 3. The first-order valence-electron chi connectivity index (χ1n) is 6.39. The molecule has 0 radical (unpaired) electrons. The molecule has 104 valence electrons. The highest BCUT2D eigenvalue weighted by atomic mass is 16.4. The van der Waals surface area contributed by atoms with Crippen LogP contribution in [0.4, 0.5) is 17.1 Å². The van der Waals surface area contributed by atoms with E-state index >= 15 is 0 Å². The van der Waals surface area contributed by atoms with E-state index in [-0.39, 0.29) is 5.56 Å². The zero-order chi connectivity index (χ0) is 14.8. The van der Waals surface area contributed by atoms with Crippen LogP contribution in [0, 0.1) is 0 Å². The number of fused-ring (bicyclic) bond motifs is 1. The summed E-state index contributed by atoms with van der Waals surface area (Å²) in [4.78, 5) is 15.6. The van der Waals surface area contributed by atoms with E-state index in [2.05, 4.69) is 10.3 Å². The number of benzene rings is 2. The summed E-state index contributed by atoms with van der Waals surface area (Å²) in [5.41, 5.74) is 8.33. The molecule has 0 atom stereocenters. The number of hydrogen-bond acceptors (Lipinski definition) is 4. The van der Waals surface area contributed by atoms with E-state index in [1.54, 1.807) is 18.3 Å². The summed E-state index contributed by atoms with van der Waals surface area (Å²) in [7, 11) is 0. The monoisotopic (exact) mass is 279 g/mol. The topological polar surface area (TPSA) is 88.2 Å². The first-order valence-corrected chi connectivity index (χ1v) is 6.39. The highest BCUT2D eigenvalue weighted by Gasteiger charge is 2.11. The van der Waals surface area contributed by atoms with Crippen LogP contribution in [0.2, 0.25) is 0 Å². The number of nitrogens with one attached hydrogen (secondary N) is 1. The number of aromatic carboxylic acids is 1. The molecule has 1 heterocycles. The number of nitrogen functional groups attached to an aromatic ring is 1. The quantitative estimate of drug-likeness (QED) is 0.640. The van der Waals surface area contributed by atoms with Crippen molar-refractivity contribution < 1.29 is 9.90 Å². The van der Waals surface area contributed by atoms with Crippen LogP contribution in [0.3, 0.4) is 0 Å². The normalized spacial score (nSPS) is 10.5. The fourth-order valence-electron chi connectivity index (χ4n) is 2.21. The Morgan fingerprint density at radius 1 is 1.10 bits per heavy atom. The second kappa shape index (κ2) is 5.13. The molecule has 4 N–H and O–H groups in total. The second-order valence-corrected chi connectivity index (χ2v) is 4.61. The highest BCUT2D eigenvalue weighted by molar-refractivity contribution is 5.99. The molecule has 3 rings (SSSR count). The van der Waals surface area contributed by atoms with E-state index in [1.807, 2.05) is 30.3 Å². The summed E-state index contributed by atoms with van der Waals surface area (Å²) in [5, 5.41) is 13.3. The molecule has 0 fully saturated rings. The average molecular weight is 279 g/mol. The maximum absolute atomic E-state index is 11.3. The number of aromatic nitrogens is 1. The van der Waals surface area contributed by atoms with Gasteiger partial charge >= 0.3 is 5.97 Å². The number of rotatable bonds is 3. The third-order valence-electron chi connectivity index (χ3n) is 3.19. The van der Waals surface area contributed by atoms with Crippen LogP contribution < -0.4 is 11.1 Å². The van der Waals surface area contributed by atoms with E-state index in [4.69, 9.17) is 5.73 Å². The Balaban J connectivity index is 2.09. The number of hydrogen-bond donors (Lipinski definition) is 3. The first kappa shape index (κ1) is 12.9. The lowest BCUT2D eigenvalue weighted by Gasteiger charge is -2.12. The van der Waals surface area contributed by atoms with Gasteiger partial charge < -0.3 is 16.2 Å².